The molecule has 132 valence electrons. The van der Waals surface area contributed by atoms with Gasteiger partial charge in [0.1, 0.15) is 11.5 Å². The Balaban J connectivity index is 2.04. The lowest BCUT2D eigenvalue weighted by Gasteiger charge is -2.10. The van der Waals surface area contributed by atoms with Crippen molar-refractivity contribution in [3.05, 3.63) is 59.7 Å². The van der Waals surface area contributed by atoms with Gasteiger partial charge in [-0.1, -0.05) is 30.3 Å². The molecule has 6 heteroatoms. The first kappa shape index (κ1) is 18.5. The van der Waals surface area contributed by atoms with Gasteiger partial charge in [-0.25, -0.2) is 5.43 Å². The fraction of sp³-hybridized carbons (Fsp3) is 0.263. The Morgan fingerprint density at radius 2 is 1.88 bits per heavy atom. The lowest BCUT2D eigenvalue weighted by Crippen LogP contribution is -2.25. The number of hydrogen-bond donors (Lipinski definition) is 2. The fourth-order valence-electron chi connectivity index (χ4n) is 2.17. The van der Waals surface area contributed by atoms with Crippen LogP contribution in [0, 0.1) is 0 Å². The molecule has 0 heterocycles. The number of carbonyl (C=O) groups excluding carboxylic acids is 1. The average Bonchev–Trinajstić information content (AvgIpc) is 2.64. The van der Waals surface area contributed by atoms with Gasteiger partial charge in [0.2, 0.25) is 0 Å². The van der Waals surface area contributed by atoms with E-state index in [2.05, 4.69) is 10.5 Å². The van der Waals surface area contributed by atoms with Crippen LogP contribution in [0.3, 0.4) is 0 Å². The summed E-state index contributed by atoms with van der Waals surface area (Å²) >= 11 is 0. The maximum Gasteiger partial charge on any atom is 0.273 e. The molecule has 1 amide bonds. The summed E-state index contributed by atoms with van der Waals surface area (Å²) in [6.45, 7) is 4.84. The SMILES string of the molecule is CCOc1ccc(/C=N\NC(=O)[C@@H](O)c2ccccc2)c(OCC)c1. The van der Waals surface area contributed by atoms with E-state index in [1.165, 1.54) is 6.21 Å². The number of ether oxygens (including phenoxy) is 2. The van der Waals surface area contributed by atoms with Crippen molar-refractivity contribution < 1.29 is 19.4 Å². The van der Waals surface area contributed by atoms with E-state index in [0.717, 1.165) is 0 Å². The zero-order chi connectivity index (χ0) is 18.1. The number of nitrogens with one attached hydrogen (secondary N) is 1. The van der Waals surface area contributed by atoms with Gasteiger partial charge >= 0.3 is 0 Å². The minimum atomic E-state index is -1.27. The highest BCUT2D eigenvalue weighted by Gasteiger charge is 2.16. The number of nitrogens with zero attached hydrogens (tertiary/aromatic N) is 1. The molecule has 0 aromatic heterocycles. The Hall–Kier alpha value is -2.86. The van der Waals surface area contributed by atoms with Crippen molar-refractivity contribution in [3.63, 3.8) is 0 Å². The molecule has 25 heavy (non-hydrogen) atoms. The molecule has 0 aliphatic heterocycles. The molecule has 1 atom stereocenters. The maximum atomic E-state index is 12.0. The largest absolute Gasteiger partial charge is 0.494 e. The van der Waals surface area contributed by atoms with Crippen molar-refractivity contribution in [2.24, 2.45) is 5.10 Å². The average molecular weight is 342 g/mol. The van der Waals surface area contributed by atoms with Crippen molar-refractivity contribution in [3.8, 4) is 11.5 Å². The lowest BCUT2D eigenvalue weighted by molar-refractivity contribution is -0.129. The third-order valence-corrected chi connectivity index (χ3v) is 3.34. The van der Waals surface area contributed by atoms with Crippen molar-refractivity contribution in [2.45, 2.75) is 20.0 Å². The predicted molar refractivity (Wildman–Crippen MR) is 95.9 cm³/mol. The summed E-state index contributed by atoms with van der Waals surface area (Å²) in [6.07, 6.45) is 0.195. The van der Waals surface area contributed by atoms with Gasteiger partial charge in [-0.05, 0) is 31.5 Å². The first-order valence-electron chi connectivity index (χ1n) is 8.11. The van der Waals surface area contributed by atoms with E-state index in [-0.39, 0.29) is 0 Å². The number of hydrazone groups is 1. The molecule has 2 N–H and O–H groups in total. The molecular formula is C19H22N2O4. The van der Waals surface area contributed by atoms with Crippen LogP contribution in [-0.4, -0.2) is 30.4 Å². The molecule has 0 unspecified atom stereocenters. The van der Waals surface area contributed by atoms with E-state index in [4.69, 9.17) is 9.47 Å². The van der Waals surface area contributed by atoms with Crippen molar-refractivity contribution >= 4 is 12.1 Å². The number of amides is 1. The van der Waals surface area contributed by atoms with Gasteiger partial charge in [0.05, 0.1) is 19.4 Å². The second-order valence-electron chi connectivity index (χ2n) is 5.11. The molecule has 6 nitrogen and oxygen atoms in total. The van der Waals surface area contributed by atoms with Crippen LogP contribution in [0.5, 0.6) is 11.5 Å². The quantitative estimate of drug-likeness (QED) is 0.571. The molecule has 0 fully saturated rings. The molecule has 0 saturated carbocycles. The van der Waals surface area contributed by atoms with E-state index < -0.39 is 12.0 Å². The van der Waals surface area contributed by atoms with Gasteiger partial charge in [-0.15, -0.1) is 0 Å². The lowest BCUT2D eigenvalue weighted by atomic mass is 10.1. The summed E-state index contributed by atoms with van der Waals surface area (Å²) in [6, 6.07) is 14.0. The molecule has 0 saturated heterocycles. The van der Waals surface area contributed by atoms with E-state index in [1.54, 1.807) is 42.5 Å². The fourth-order valence-corrected chi connectivity index (χ4v) is 2.17. The first-order chi connectivity index (χ1) is 12.2. The van der Waals surface area contributed by atoms with Gasteiger partial charge in [0, 0.05) is 11.6 Å². The molecule has 2 aromatic carbocycles. The topological polar surface area (TPSA) is 80.2 Å². The summed E-state index contributed by atoms with van der Waals surface area (Å²) in [4.78, 5) is 12.0. The Morgan fingerprint density at radius 1 is 1.16 bits per heavy atom. The summed E-state index contributed by atoms with van der Waals surface area (Å²) in [5, 5.41) is 13.9. The van der Waals surface area contributed by atoms with Gasteiger partial charge in [0.15, 0.2) is 6.10 Å². The Bertz CT molecular complexity index is 717. The molecule has 0 aliphatic carbocycles. The Kier molecular flexibility index (Phi) is 6.98. The van der Waals surface area contributed by atoms with Crippen molar-refractivity contribution in [1.82, 2.24) is 5.43 Å². The Morgan fingerprint density at radius 3 is 2.56 bits per heavy atom. The molecule has 0 radical (unpaired) electrons. The van der Waals surface area contributed by atoms with E-state index >= 15 is 0 Å². The smallest absolute Gasteiger partial charge is 0.273 e. The second-order valence-corrected chi connectivity index (χ2v) is 5.11. The third-order valence-electron chi connectivity index (χ3n) is 3.34. The molecule has 0 spiro atoms. The van der Waals surface area contributed by atoms with E-state index in [1.807, 2.05) is 19.9 Å². The standard InChI is InChI=1S/C19H22N2O4/c1-3-24-16-11-10-15(17(12-16)25-4-2)13-20-21-19(23)18(22)14-8-6-5-7-9-14/h5-13,18,22H,3-4H2,1-2H3,(H,21,23)/b20-13-/t18-/m0/s1. The van der Waals surface area contributed by atoms with Gasteiger partial charge in [0.25, 0.3) is 5.91 Å². The van der Waals surface area contributed by atoms with Crippen LogP contribution in [0.4, 0.5) is 0 Å². The van der Waals surface area contributed by atoms with Crippen LogP contribution in [0.15, 0.2) is 53.6 Å². The predicted octanol–water partition coefficient (Wildman–Crippen LogP) is 2.67. The summed E-state index contributed by atoms with van der Waals surface area (Å²) in [5.41, 5.74) is 3.53. The number of aliphatic hydroxyl groups is 1. The molecule has 2 rings (SSSR count). The number of benzene rings is 2. The van der Waals surface area contributed by atoms with Gasteiger partial charge < -0.3 is 14.6 Å². The zero-order valence-corrected chi connectivity index (χ0v) is 14.3. The molecule has 0 bridgehead atoms. The second kappa shape index (κ2) is 9.44. The first-order valence-corrected chi connectivity index (χ1v) is 8.11. The molecule has 2 aromatic rings. The summed E-state index contributed by atoms with van der Waals surface area (Å²) in [7, 11) is 0. The third kappa shape index (κ3) is 5.32. The minimum absolute atomic E-state index is 0.496. The monoisotopic (exact) mass is 342 g/mol. The molecule has 0 aliphatic rings. The minimum Gasteiger partial charge on any atom is -0.494 e. The number of aliphatic hydroxyl groups excluding tert-OH is 1. The van der Waals surface area contributed by atoms with Crippen LogP contribution < -0.4 is 14.9 Å². The van der Waals surface area contributed by atoms with Crippen molar-refractivity contribution in [2.75, 3.05) is 13.2 Å². The van der Waals surface area contributed by atoms with Crippen LogP contribution in [0.25, 0.3) is 0 Å². The highest BCUT2D eigenvalue weighted by atomic mass is 16.5. The van der Waals surface area contributed by atoms with Crippen molar-refractivity contribution in [1.29, 1.82) is 0 Å². The van der Waals surface area contributed by atoms with E-state index in [0.29, 0.717) is 35.8 Å². The van der Waals surface area contributed by atoms with Crippen LogP contribution in [0.1, 0.15) is 31.1 Å². The number of carbonyl (C=O) groups is 1. The van der Waals surface area contributed by atoms with E-state index in [9.17, 15) is 9.90 Å². The zero-order valence-electron chi connectivity index (χ0n) is 14.3. The summed E-state index contributed by atoms with van der Waals surface area (Å²) < 4.78 is 11.0. The maximum absolute atomic E-state index is 12.0. The number of rotatable bonds is 8. The van der Waals surface area contributed by atoms with Crippen LogP contribution in [0.2, 0.25) is 0 Å². The highest BCUT2D eigenvalue weighted by Crippen LogP contribution is 2.24. The van der Waals surface area contributed by atoms with Crippen LogP contribution >= 0.6 is 0 Å². The number of hydrogen-bond acceptors (Lipinski definition) is 5. The summed E-state index contributed by atoms with van der Waals surface area (Å²) in [5.74, 6) is 0.702. The van der Waals surface area contributed by atoms with Crippen LogP contribution in [-0.2, 0) is 4.79 Å². The Labute approximate surface area is 147 Å². The normalized spacial score (nSPS) is 12.0. The molecular weight excluding hydrogens is 320 g/mol. The highest BCUT2D eigenvalue weighted by molar-refractivity contribution is 5.87. The van der Waals surface area contributed by atoms with Gasteiger partial charge in [-0.3, -0.25) is 4.79 Å². The van der Waals surface area contributed by atoms with Gasteiger partial charge in [-0.2, -0.15) is 5.10 Å².